The predicted molar refractivity (Wildman–Crippen MR) is 63.1 cm³/mol. The first-order chi connectivity index (χ1) is 7.74. The van der Waals surface area contributed by atoms with E-state index in [1.807, 2.05) is 6.08 Å². The summed E-state index contributed by atoms with van der Waals surface area (Å²) in [6.45, 7) is 1.52. The van der Waals surface area contributed by atoms with E-state index in [0.29, 0.717) is 23.4 Å². The van der Waals surface area contributed by atoms with Crippen LogP contribution in [0.4, 0.5) is 0 Å². The second-order valence-corrected chi connectivity index (χ2v) is 4.15. The van der Waals surface area contributed by atoms with Crippen molar-refractivity contribution in [1.82, 2.24) is 10.3 Å². The maximum atomic E-state index is 5.72. The SMILES string of the molecule is NC1=C[C@H](CCOc2ccc(Cl)cn2)CN1. The van der Waals surface area contributed by atoms with Gasteiger partial charge in [-0.25, -0.2) is 4.98 Å². The highest BCUT2D eigenvalue weighted by atomic mass is 35.5. The molecule has 0 unspecified atom stereocenters. The lowest BCUT2D eigenvalue weighted by Crippen LogP contribution is -2.17. The second kappa shape index (κ2) is 5.07. The van der Waals surface area contributed by atoms with E-state index in [9.17, 15) is 0 Å². The van der Waals surface area contributed by atoms with Crippen LogP contribution in [0, 0.1) is 5.92 Å². The summed E-state index contributed by atoms with van der Waals surface area (Å²) in [5.74, 6) is 1.81. The van der Waals surface area contributed by atoms with Gasteiger partial charge in [-0.3, -0.25) is 0 Å². The van der Waals surface area contributed by atoms with Gasteiger partial charge in [0.15, 0.2) is 0 Å². The number of nitrogens with one attached hydrogen (secondary N) is 1. The molecule has 0 aliphatic carbocycles. The Kier molecular flexibility index (Phi) is 3.51. The van der Waals surface area contributed by atoms with Crippen molar-refractivity contribution in [1.29, 1.82) is 0 Å². The van der Waals surface area contributed by atoms with Crippen molar-refractivity contribution in [2.45, 2.75) is 6.42 Å². The van der Waals surface area contributed by atoms with Crippen LogP contribution in [0.1, 0.15) is 6.42 Å². The molecule has 1 aromatic heterocycles. The molecule has 3 N–H and O–H groups in total. The minimum atomic E-state index is 0.451. The summed E-state index contributed by atoms with van der Waals surface area (Å²) in [7, 11) is 0. The van der Waals surface area contributed by atoms with E-state index in [0.717, 1.165) is 18.8 Å². The normalized spacial score (nSPS) is 19.1. The predicted octanol–water partition coefficient (Wildman–Crippen LogP) is 1.52. The van der Waals surface area contributed by atoms with Crippen molar-refractivity contribution in [3.8, 4) is 5.88 Å². The minimum absolute atomic E-state index is 0.451. The first-order valence-corrected chi connectivity index (χ1v) is 5.57. The zero-order chi connectivity index (χ0) is 11.4. The summed E-state index contributed by atoms with van der Waals surface area (Å²) < 4.78 is 5.49. The Bertz CT molecular complexity index is 377. The summed E-state index contributed by atoms with van der Waals surface area (Å²) in [4.78, 5) is 4.05. The number of pyridine rings is 1. The van der Waals surface area contributed by atoms with E-state index >= 15 is 0 Å². The third kappa shape index (κ3) is 3.03. The first kappa shape index (κ1) is 11.1. The van der Waals surface area contributed by atoms with Gasteiger partial charge in [-0.1, -0.05) is 11.6 Å². The van der Waals surface area contributed by atoms with Gasteiger partial charge in [-0.15, -0.1) is 0 Å². The van der Waals surface area contributed by atoms with Crippen LogP contribution in [0.5, 0.6) is 5.88 Å². The van der Waals surface area contributed by atoms with E-state index in [1.165, 1.54) is 0 Å². The Morgan fingerprint density at radius 3 is 3.06 bits per heavy atom. The van der Waals surface area contributed by atoms with E-state index in [-0.39, 0.29) is 0 Å². The number of nitrogens with two attached hydrogens (primary N) is 1. The molecule has 0 aromatic carbocycles. The average molecular weight is 240 g/mol. The van der Waals surface area contributed by atoms with Crippen LogP contribution in [0.25, 0.3) is 0 Å². The third-order valence-corrected chi connectivity index (χ3v) is 2.65. The molecule has 5 heteroatoms. The summed E-state index contributed by atoms with van der Waals surface area (Å²) in [6, 6.07) is 3.53. The lowest BCUT2D eigenvalue weighted by atomic mass is 10.1. The largest absolute Gasteiger partial charge is 0.478 e. The van der Waals surface area contributed by atoms with Crippen molar-refractivity contribution in [3.05, 3.63) is 35.2 Å². The smallest absolute Gasteiger partial charge is 0.213 e. The molecule has 1 atom stereocenters. The minimum Gasteiger partial charge on any atom is -0.478 e. The molecule has 16 heavy (non-hydrogen) atoms. The van der Waals surface area contributed by atoms with Crippen molar-refractivity contribution in [2.24, 2.45) is 11.7 Å². The highest BCUT2D eigenvalue weighted by Gasteiger charge is 2.12. The van der Waals surface area contributed by atoms with Crippen LogP contribution in [0.15, 0.2) is 30.2 Å². The van der Waals surface area contributed by atoms with Crippen molar-refractivity contribution in [3.63, 3.8) is 0 Å². The van der Waals surface area contributed by atoms with Gasteiger partial charge in [0.2, 0.25) is 5.88 Å². The van der Waals surface area contributed by atoms with Gasteiger partial charge in [0.05, 0.1) is 17.5 Å². The number of hydrogen-bond acceptors (Lipinski definition) is 4. The Balaban J connectivity index is 1.74. The number of halogens is 1. The molecular formula is C11H14ClN3O. The van der Waals surface area contributed by atoms with E-state index in [1.54, 1.807) is 18.3 Å². The average Bonchev–Trinajstić information content (AvgIpc) is 2.67. The molecule has 1 aromatic rings. The van der Waals surface area contributed by atoms with E-state index in [4.69, 9.17) is 22.1 Å². The monoisotopic (exact) mass is 239 g/mol. The molecule has 2 heterocycles. The summed E-state index contributed by atoms with van der Waals surface area (Å²) in [6.07, 6.45) is 4.53. The molecule has 2 rings (SSSR count). The molecule has 4 nitrogen and oxygen atoms in total. The zero-order valence-electron chi connectivity index (χ0n) is 8.82. The number of aromatic nitrogens is 1. The quantitative estimate of drug-likeness (QED) is 0.837. The fourth-order valence-electron chi connectivity index (χ4n) is 1.57. The van der Waals surface area contributed by atoms with Crippen LogP contribution in [0.2, 0.25) is 5.02 Å². The molecule has 0 amide bonds. The summed E-state index contributed by atoms with van der Waals surface area (Å²) in [5.41, 5.74) is 5.61. The maximum Gasteiger partial charge on any atom is 0.213 e. The molecule has 0 fully saturated rings. The van der Waals surface area contributed by atoms with Gasteiger partial charge >= 0.3 is 0 Å². The Labute approximate surface area is 99.5 Å². The number of nitrogens with zero attached hydrogens (tertiary/aromatic N) is 1. The maximum absolute atomic E-state index is 5.72. The van der Waals surface area contributed by atoms with Crippen molar-refractivity contribution >= 4 is 11.6 Å². The Morgan fingerprint density at radius 2 is 2.44 bits per heavy atom. The van der Waals surface area contributed by atoms with Crippen LogP contribution in [0.3, 0.4) is 0 Å². The van der Waals surface area contributed by atoms with Crippen molar-refractivity contribution in [2.75, 3.05) is 13.2 Å². The number of ether oxygens (including phenoxy) is 1. The molecule has 0 bridgehead atoms. The van der Waals surface area contributed by atoms with Gasteiger partial charge in [-0.05, 0) is 18.6 Å². The standard InChI is InChI=1S/C11H14ClN3O/c12-9-1-2-11(15-7-9)16-4-3-8-5-10(13)14-6-8/h1-2,5,7-8,14H,3-4,6,13H2/t8-/m0/s1. The van der Waals surface area contributed by atoms with Crippen LogP contribution in [-0.4, -0.2) is 18.1 Å². The molecule has 0 radical (unpaired) electrons. The van der Waals surface area contributed by atoms with Gasteiger partial charge in [0, 0.05) is 24.7 Å². The fourth-order valence-corrected chi connectivity index (χ4v) is 1.68. The number of hydrogen-bond donors (Lipinski definition) is 2. The van der Waals surface area contributed by atoms with Gasteiger partial charge in [0.1, 0.15) is 0 Å². The molecule has 1 aliphatic heterocycles. The second-order valence-electron chi connectivity index (χ2n) is 3.71. The van der Waals surface area contributed by atoms with Gasteiger partial charge in [-0.2, -0.15) is 0 Å². The zero-order valence-corrected chi connectivity index (χ0v) is 9.57. The van der Waals surface area contributed by atoms with Crippen LogP contribution in [-0.2, 0) is 0 Å². The first-order valence-electron chi connectivity index (χ1n) is 5.19. The molecule has 0 saturated heterocycles. The van der Waals surface area contributed by atoms with E-state index < -0.39 is 0 Å². The molecule has 86 valence electrons. The third-order valence-electron chi connectivity index (χ3n) is 2.42. The highest BCUT2D eigenvalue weighted by Crippen LogP contribution is 2.14. The summed E-state index contributed by atoms with van der Waals surface area (Å²) >= 11 is 5.72. The Hall–Kier alpha value is -1.42. The van der Waals surface area contributed by atoms with E-state index in [2.05, 4.69) is 10.3 Å². The van der Waals surface area contributed by atoms with Gasteiger partial charge in [0.25, 0.3) is 0 Å². The molecule has 1 aliphatic rings. The molecule has 0 saturated carbocycles. The summed E-state index contributed by atoms with van der Waals surface area (Å²) in [5, 5.41) is 3.69. The molecule has 0 spiro atoms. The van der Waals surface area contributed by atoms with Crippen LogP contribution >= 0.6 is 11.6 Å². The highest BCUT2D eigenvalue weighted by molar-refractivity contribution is 6.30. The molecular weight excluding hydrogens is 226 g/mol. The fraction of sp³-hybridized carbons (Fsp3) is 0.364. The lowest BCUT2D eigenvalue weighted by Gasteiger charge is -2.08. The number of rotatable bonds is 4. The topological polar surface area (TPSA) is 60.2 Å². The van der Waals surface area contributed by atoms with Crippen molar-refractivity contribution < 1.29 is 4.74 Å². The lowest BCUT2D eigenvalue weighted by molar-refractivity contribution is 0.283. The van der Waals surface area contributed by atoms with Gasteiger partial charge < -0.3 is 15.8 Å². The Morgan fingerprint density at radius 1 is 1.56 bits per heavy atom. The van der Waals surface area contributed by atoms with Crippen LogP contribution < -0.4 is 15.8 Å².